The quantitative estimate of drug-likeness (QED) is 0.334. The van der Waals surface area contributed by atoms with Crippen LogP contribution in [0.2, 0.25) is 5.02 Å². The Morgan fingerprint density at radius 1 is 1.00 bits per heavy atom. The number of nitro groups is 2. The minimum Gasteiger partial charge on any atom is -0.299 e. The Kier molecular flexibility index (Phi) is 5.23. The van der Waals surface area contributed by atoms with E-state index in [2.05, 4.69) is 0 Å². The van der Waals surface area contributed by atoms with Gasteiger partial charge in [0.05, 0.1) is 21.5 Å². The molecule has 2 aromatic rings. The number of halogens is 1. The number of benzene rings is 2. The molecule has 0 bridgehead atoms. The molecule has 1 atom stereocenters. The highest BCUT2D eigenvalue weighted by molar-refractivity contribution is 6.33. The molecular formula is C16H11ClN2O6. The summed E-state index contributed by atoms with van der Waals surface area (Å²) in [6, 6.07) is 9.37. The van der Waals surface area contributed by atoms with Crippen LogP contribution in [0.4, 0.5) is 11.4 Å². The first kappa shape index (κ1) is 18.2. The molecule has 0 N–H and O–H groups in total. The maximum absolute atomic E-state index is 12.7. The highest BCUT2D eigenvalue weighted by Crippen LogP contribution is 2.37. The third kappa shape index (κ3) is 3.69. The summed E-state index contributed by atoms with van der Waals surface area (Å²) in [5.41, 5.74) is -1.47. The highest BCUT2D eigenvalue weighted by Gasteiger charge is 2.35. The van der Waals surface area contributed by atoms with Gasteiger partial charge >= 0.3 is 0 Å². The number of hydrogen-bond donors (Lipinski definition) is 0. The fraction of sp³-hybridized carbons (Fsp3) is 0.125. The molecule has 0 spiro atoms. The Labute approximate surface area is 146 Å². The van der Waals surface area contributed by atoms with Crippen LogP contribution in [0.15, 0.2) is 42.5 Å². The summed E-state index contributed by atoms with van der Waals surface area (Å²) in [4.78, 5) is 45.2. The molecule has 0 heterocycles. The number of carbonyl (C=O) groups excluding carboxylic acids is 2. The van der Waals surface area contributed by atoms with Crippen LogP contribution >= 0.6 is 11.6 Å². The third-order valence-corrected chi connectivity index (χ3v) is 3.83. The highest BCUT2D eigenvalue weighted by atomic mass is 35.5. The summed E-state index contributed by atoms with van der Waals surface area (Å²) < 4.78 is 0. The van der Waals surface area contributed by atoms with Crippen molar-refractivity contribution in [3.63, 3.8) is 0 Å². The summed E-state index contributed by atoms with van der Waals surface area (Å²) in [5, 5.41) is 21.9. The van der Waals surface area contributed by atoms with E-state index in [1.54, 1.807) is 18.2 Å². The molecule has 0 aromatic heterocycles. The van der Waals surface area contributed by atoms with E-state index in [-0.39, 0.29) is 11.1 Å². The zero-order valence-corrected chi connectivity index (χ0v) is 13.6. The second-order valence-electron chi connectivity index (χ2n) is 5.15. The van der Waals surface area contributed by atoms with E-state index in [4.69, 9.17) is 11.6 Å². The largest absolute Gasteiger partial charge is 0.299 e. The monoisotopic (exact) mass is 362 g/mol. The lowest BCUT2D eigenvalue weighted by atomic mass is 9.86. The molecule has 128 valence electrons. The van der Waals surface area contributed by atoms with E-state index in [0.717, 1.165) is 13.0 Å². The summed E-state index contributed by atoms with van der Waals surface area (Å²) in [6.45, 7) is 1.12. The SMILES string of the molecule is CC(=O)C(C(=O)c1ccccc1)c1cc(Cl)c([N+](=O)[O-])cc1[N+](=O)[O-]. The number of carbonyl (C=O) groups is 2. The molecule has 0 radical (unpaired) electrons. The van der Waals surface area contributed by atoms with Crippen molar-refractivity contribution in [2.75, 3.05) is 0 Å². The van der Waals surface area contributed by atoms with Gasteiger partial charge in [-0.3, -0.25) is 29.8 Å². The number of rotatable bonds is 6. The molecule has 9 heteroatoms. The predicted octanol–water partition coefficient (Wildman–Crippen LogP) is 3.71. The third-order valence-electron chi connectivity index (χ3n) is 3.53. The van der Waals surface area contributed by atoms with Crippen molar-refractivity contribution in [3.05, 3.63) is 78.8 Å². The van der Waals surface area contributed by atoms with Gasteiger partial charge in [-0.2, -0.15) is 0 Å². The topological polar surface area (TPSA) is 120 Å². The van der Waals surface area contributed by atoms with Gasteiger partial charge in [-0.15, -0.1) is 0 Å². The van der Waals surface area contributed by atoms with Crippen molar-refractivity contribution < 1.29 is 19.4 Å². The van der Waals surface area contributed by atoms with Crippen molar-refractivity contribution in [1.29, 1.82) is 0 Å². The van der Waals surface area contributed by atoms with Crippen molar-refractivity contribution in [1.82, 2.24) is 0 Å². The molecule has 0 fully saturated rings. The lowest BCUT2D eigenvalue weighted by molar-refractivity contribution is -0.394. The summed E-state index contributed by atoms with van der Waals surface area (Å²) in [5.74, 6) is -2.77. The van der Waals surface area contributed by atoms with Crippen molar-refractivity contribution in [3.8, 4) is 0 Å². The van der Waals surface area contributed by atoms with E-state index in [0.29, 0.717) is 6.07 Å². The number of hydrogen-bond acceptors (Lipinski definition) is 6. The molecule has 8 nitrogen and oxygen atoms in total. The van der Waals surface area contributed by atoms with E-state index < -0.39 is 43.7 Å². The average molecular weight is 363 g/mol. The lowest BCUT2D eigenvalue weighted by Crippen LogP contribution is -2.21. The molecule has 0 aliphatic carbocycles. The van der Waals surface area contributed by atoms with Gasteiger partial charge in [-0.25, -0.2) is 0 Å². The lowest BCUT2D eigenvalue weighted by Gasteiger charge is -2.14. The van der Waals surface area contributed by atoms with Crippen LogP contribution in [0.25, 0.3) is 0 Å². The van der Waals surface area contributed by atoms with Crippen molar-refractivity contribution >= 4 is 34.5 Å². The molecule has 2 aromatic carbocycles. The van der Waals surface area contributed by atoms with Crippen LogP contribution in [0.5, 0.6) is 0 Å². The molecule has 2 rings (SSSR count). The Bertz CT molecular complexity index is 882. The normalized spacial score (nSPS) is 11.6. The van der Waals surface area contributed by atoms with Crippen LogP contribution in [0, 0.1) is 20.2 Å². The maximum atomic E-state index is 12.7. The van der Waals surface area contributed by atoms with Crippen LogP contribution in [-0.2, 0) is 4.79 Å². The molecule has 0 aliphatic rings. The number of ketones is 2. The number of nitro benzene ring substituents is 2. The Morgan fingerprint density at radius 3 is 2.04 bits per heavy atom. The van der Waals surface area contributed by atoms with Crippen molar-refractivity contribution in [2.45, 2.75) is 12.8 Å². The smallest absolute Gasteiger partial charge is 0.294 e. The fourth-order valence-electron chi connectivity index (χ4n) is 2.41. The minimum atomic E-state index is -1.49. The Hall–Kier alpha value is -3.13. The molecule has 1 unspecified atom stereocenters. The fourth-order valence-corrected chi connectivity index (χ4v) is 2.65. The van der Waals surface area contributed by atoms with Crippen LogP contribution in [0.3, 0.4) is 0 Å². The van der Waals surface area contributed by atoms with E-state index in [1.165, 1.54) is 12.1 Å². The zero-order chi connectivity index (χ0) is 18.7. The van der Waals surface area contributed by atoms with Crippen LogP contribution in [0.1, 0.15) is 28.8 Å². The predicted molar refractivity (Wildman–Crippen MR) is 89.0 cm³/mol. The minimum absolute atomic E-state index is 0.187. The van der Waals surface area contributed by atoms with E-state index in [1.807, 2.05) is 0 Å². The maximum Gasteiger partial charge on any atom is 0.294 e. The van der Waals surface area contributed by atoms with Gasteiger partial charge in [0.1, 0.15) is 16.7 Å². The van der Waals surface area contributed by atoms with Gasteiger partial charge in [0.2, 0.25) is 0 Å². The molecular weight excluding hydrogens is 352 g/mol. The first-order valence-corrected chi connectivity index (χ1v) is 7.33. The molecule has 25 heavy (non-hydrogen) atoms. The van der Waals surface area contributed by atoms with Gasteiger partial charge in [0.15, 0.2) is 5.78 Å². The van der Waals surface area contributed by atoms with E-state index >= 15 is 0 Å². The summed E-state index contributed by atoms with van der Waals surface area (Å²) in [7, 11) is 0. The number of nitrogens with zero attached hydrogens (tertiary/aromatic N) is 2. The molecule has 0 saturated heterocycles. The first-order chi connectivity index (χ1) is 11.7. The van der Waals surface area contributed by atoms with Crippen LogP contribution in [-0.4, -0.2) is 21.4 Å². The molecule has 0 amide bonds. The van der Waals surface area contributed by atoms with Gasteiger partial charge < -0.3 is 0 Å². The standard InChI is InChI=1S/C16H11ClN2O6/c1-9(20)15(16(21)10-5-3-2-4-6-10)11-7-12(17)14(19(24)25)8-13(11)18(22)23/h2-8,15H,1H3. The second kappa shape index (κ2) is 7.18. The van der Waals surface area contributed by atoms with Gasteiger partial charge in [0, 0.05) is 5.56 Å². The molecule has 0 saturated carbocycles. The average Bonchev–Trinajstić information content (AvgIpc) is 2.54. The van der Waals surface area contributed by atoms with Crippen molar-refractivity contribution in [2.24, 2.45) is 0 Å². The van der Waals surface area contributed by atoms with E-state index in [9.17, 15) is 29.8 Å². The Morgan fingerprint density at radius 2 is 1.56 bits per heavy atom. The van der Waals surface area contributed by atoms with Crippen LogP contribution < -0.4 is 0 Å². The summed E-state index contributed by atoms with van der Waals surface area (Å²) in [6.07, 6.45) is 0. The number of Topliss-reactive ketones (excluding diaryl/α,β-unsaturated/α-hetero) is 2. The van der Waals surface area contributed by atoms with Gasteiger partial charge in [-0.1, -0.05) is 41.9 Å². The zero-order valence-electron chi connectivity index (χ0n) is 12.8. The molecule has 0 aliphatic heterocycles. The second-order valence-corrected chi connectivity index (χ2v) is 5.56. The van der Waals surface area contributed by atoms with Gasteiger partial charge in [0.25, 0.3) is 11.4 Å². The Balaban J connectivity index is 2.68. The van der Waals surface area contributed by atoms with Gasteiger partial charge in [-0.05, 0) is 13.0 Å². The first-order valence-electron chi connectivity index (χ1n) is 6.96. The summed E-state index contributed by atoms with van der Waals surface area (Å²) >= 11 is 5.81.